The highest BCUT2D eigenvalue weighted by molar-refractivity contribution is 5.75. The molecule has 4 heteroatoms. The van der Waals surface area contributed by atoms with Crippen LogP contribution in [-0.2, 0) is 4.79 Å². The van der Waals surface area contributed by atoms with Gasteiger partial charge in [0.15, 0.2) is 0 Å². The van der Waals surface area contributed by atoms with Crippen LogP contribution in [0.2, 0.25) is 0 Å². The van der Waals surface area contributed by atoms with E-state index in [1.807, 2.05) is 20.8 Å². The van der Waals surface area contributed by atoms with Crippen molar-refractivity contribution in [3.8, 4) is 5.75 Å². The lowest BCUT2D eigenvalue weighted by Gasteiger charge is -2.16. The topological polar surface area (TPSA) is 58.6 Å². The third kappa shape index (κ3) is 4.37. The molecule has 2 N–H and O–H groups in total. The van der Waals surface area contributed by atoms with E-state index in [-0.39, 0.29) is 0 Å². The van der Waals surface area contributed by atoms with Crippen molar-refractivity contribution in [2.45, 2.75) is 26.8 Å². The fraction of sp³-hybridized carbons (Fsp3) is 0.500. The standard InChI is InChI=1S/C14H21NO3/c1-4-18-12-7-5-11(6-8-12)13(14(16)17)15-9-10(2)3/h5-8,10,13,15H,4,9H2,1-3H3,(H,16,17). The van der Waals surface area contributed by atoms with E-state index in [0.29, 0.717) is 19.1 Å². The summed E-state index contributed by atoms with van der Waals surface area (Å²) in [7, 11) is 0. The molecular formula is C14H21NO3. The van der Waals surface area contributed by atoms with Crippen molar-refractivity contribution in [3.05, 3.63) is 29.8 Å². The van der Waals surface area contributed by atoms with Gasteiger partial charge in [0.05, 0.1) is 6.61 Å². The molecule has 1 aromatic rings. The van der Waals surface area contributed by atoms with Gasteiger partial charge < -0.3 is 15.2 Å². The second-order valence-corrected chi connectivity index (χ2v) is 4.58. The van der Waals surface area contributed by atoms with E-state index in [1.54, 1.807) is 24.3 Å². The van der Waals surface area contributed by atoms with Crippen LogP contribution in [-0.4, -0.2) is 24.2 Å². The highest BCUT2D eigenvalue weighted by Gasteiger charge is 2.19. The summed E-state index contributed by atoms with van der Waals surface area (Å²) < 4.78 is 5.33. The highest BCUT2D eigenvalue weighted by Crippen LogP contribution is 2.18. The molecule has 0 bridgehead atoms. The molecule has 1 atom stereocenters. The lowest BCUT2D eigenvalue weighted by Crippen LogP contribution is -2.31. The summed E-state index contributed by atoms with van der Waals surface area (Å²) in [6.45, 7) is 7.28. The third-order valence-electron chi connectivity index (χ3n) is 2.50. The first-order valence-electron chi connectivity index (χ1n) is 6.23. The molecule has 0 heterocycles. The first-order chi connectivity index (χ1) is 8.54. The van der Waals surface area contributed by atoms with E-state index in [9.17, 15) is 9.90 Å². The molecule has 0 saturated heterocycles. The summed E-state index contributed by atoms with van der Waals surface area (Å²) in [6, 6.07) is 6.51. The smallest absolute Gasteiger partial charge is 0.325 e. The molecule has 0 spiro atoms. The van der Waals surface area contributed by atoms with E-state index < -0.39 is 12.0 Å². The molecule has 18 heavy (non-hydrogen) atoms. The molecule has 0 aliphatic carbocycles. The molecule has 0 aromatic heterocycles. The Kier molecular flexibility index (Phi) is 5.65. The van der Waals surface area contributed by atoms with Gasteiger partial charge in [-0.2, -0.15) is 0 Å². The Hall–Kier alpha value is -1.55. The van der Waals surface area contributed by atoms with Crippen LogP contribution in [0.1, 0.15) is 32.4 Å². The fourth-order valence-electron chi connectivity index (χ4n) is 1.62. The number of nitrogens with one attached hydrogen (secondary N) is 1. The average molecular weight is 251 g/mol. The minimum atomic E-state index is -0.861. The second-order valence-electron chi connectivity index (χ2n) is 4.58. The number of carboxylic acids is 1. The zero-order valence-corrected chi connectivity index (χ0v) is 11.1. The molecule has 4 nitrogen and oxygen atoms in total. The average Bonchev–Trinajstić information content (AvgIpc) is 2.31. The van der Waals surface area contributed by atoms with Gasteiger partial charge in [0.2, 0.25) is 0 Å². The molecular weight excluding hydrogens is 230 g/mol. The molecule has 0 fully saturated rings. The lowest BCUT2D eigenvalue weighted by atomic mass is 10.1. The van der Waals surface area contributed by atoms with Gasteiger partial charge in [-0.1, -0.05) is 26.0 Å². The Morgan fingerprint density at radius 2 is 1.94 bits per heavy atom. The number of benzene rings is 1. The Bertz CT molecular complexity index is 373. The molecule has 1 rings (SSSR count). The quantitative estimate of drug-likeness (QED) is 0.781. The van der Waals surface area contributed by atoms with Crippen LogP contribution >= 0.6 is 0 Å². The maximum absolute atomic E-state index is 11.2. The number of rotatable bonds is 7. The molecule has 100 valence electrons. The van der Waals surface area contributed by atoms with Crippen LogP contribution in [0.15, 0.2) is 24.3 Å². The van der Waals surface area contributed by atoms with E-state index >= 15 is 0 Å². The lowest BCUT2D eigenvalue weighted by molar-refractivity contribution is -0.139. The normalized spacial score (nSPS) is 12.4. The number of hydrogen-bond acceptors (Lipinski definition) is 3. The van der Waals surface area contributed by atoms with Crippen LogP contribution in [0.5, 0.6) is 5.75 Å². The van der Waals surface area contributed by atoms with E-state index in [1.165, 1.54) is 0 Å². The Balaban J connectivity index is 2.76. The van der Waals surface area contributed by atoms with Crippen LogP contribution in [0.3, 0.4) is 0 Å². The van der Waals surface area contributed by atoms with Gasteiger partial charge in [-0.3, -0.25) is 4.79 Å². The molecule has 1 unspecified atom stereocenters. The summed E-state index contributed by atoms with van der Waals surface area (Å²) in [5.74, 6) is 0.309. The van der Waals surface area contributed by atoms with E-state index in [0.717, 1.165) is 11.3 Å². The number of carboxylic acid groups (broad SMARTS) is 1. The van der Waals surface area contributed by atoms with Gasteiger partial charge in [-0.05, 0) is 37.1 Å². The zero-order chi connectivity index (χ0) is 13.5. The zero-order valence-electron chi connectivity index (χ0n) is 11.1. The minimum absolute atomic E-state index is 0.412. The summed E-state index contributed by atoms with van der Waals surface area (Å²) in [6.07, 6.45) is 0. The minimum Gasteiger partial charge on any atom is -0.494 e. The summed E-state index contributed by atoms with van der Waals surface area (Å²) in [5.41, 5.74) is 0.742. The monoisotopic (exact) mass is 251 g/mol. The number of carbonyl (C=O) groups is 1. The van der Waals surface area contributed by atoms with Gasteiger partial charge in [-0.15, -0.1) is 0 Å². The molecule has 0 radical (unpaired) electrons. The van der Waals surface area contributed by atoms with Crippen molar-refractivity contribution >= 4 is 5.97 Å². The van der Waals surface area contributed by atoms with Gasteiger partial charge in [0.1, 0.15) is 11.8 Å². The maximum atomic E-state index is 11.2. The van der Waals surface area contributed by atoms with Crippen LogP contribution in [0.25, 0.3) is 0 Å². The molecule has 0 amide bonds. The van der Waals surface area contributed by atoms with Crippen LogP contribution < -0.4 is 10.1 Å². The summed E-state index contributed by atoms with van der Waals surface area (Å²) in [4.78, 5) is 11.2. The van der Waals surface area contributed by atoms with Crippen molar-refractivity contribution in [2.24, 2.45) is 5.92 Å². The predicted molar refractivity (Wildman–Crippen MR) is 70.8 cm³/mol. The Morgan fingerprint density at radius 1 is 1.33 bits per heavy atom. The van der Waals surface area contributed by atoms with Crippen LogP contribution in [0.4, 0.5) is 0 Å². The second kappa shape index (κ2) is 7.01. The SMILES string of the molecule is CCOc1ccc(C(NCC(C)C)C(=O)O)cc1. The van der Waals surface area contributed by atoms with Crippen molar-refractivity contribution in [2.75, 3.05) is 13.2 Å². The first kappa shape index (κ1) is 14.5. The van der Waals surface area contributed by atoms with Gasteiger partial charge in [0, 0.05) is 0 Å². The van der Waals surface area contributed by atoms with Crippen molar-refractivity contribution in [1.82, 2.24) is 5.32 Å². The molecule has 0 aliphatic rings. The first-order valence-corrected chi connectivity index (χ1v) is 6.23. The predicted octanol–water partition coefficient (Wildman–Crippen LogP) is 2.46. The van der Waals surface area contributed by atoms with Gasteiger partial charge in [-0.25, -0.2) is 0 Å². The Morgan fingerprint density at radius 3 is 2.39 bits per heavy atom. The largest absolute Gasteiger partial charge is 0.494 e. The molecule has 0 aliphatic heterocycles. The molecule has 1 aromatic carbocycles. The van der Waals surface area contributed by atoms with Gasteiger partial charge in [0.25, 0.3) is 0 Å². The number of aliphatic carboxylic acids is 1. The summed E-state index contributed by atoms with van der Waals surface area (Å²) in [5, 5.41) is 12.3. The Labute approximate surface area is 108 Å². The van der Waals surface area contributed by atoms with E-state index in [2.05, 4.69) is 5.32 Å². The number of ether oxygens (including phenoxy) is 1. The number of hydrogen-bond donors (Lipinski definition) is 2. The van der Waals surface area contributed by atoms with Crippen molar-refractivity contribution in [3.63, 3.8) is 0 Å². The van der Waals surface area contributed by atoms with Crippen LogP contribution in [0, 0.1) is 5.92 Å². The highest BCUT2D eigenvalue weighted by atomic mass is 16.5. The van der Waals surface area contributed by atoms with Gasteiger partial charge >= 0.3 is 5.97 Å². The van der Waals surface area contributed by atoms with E-state index in [4.69, 9.17) is 4.74 Å². The fourth-order valence-corrected chi connectivity index (χ4v) is 1.62. The maximum Gasteiger partial charge on any atom is 0.325 e. The molecule has 0 saturated carbocycles. The van der Waals surface area contributed by atoms with Crippen molar-refractivity contribution in [1.29, 1.82) is 0 Å². The van der Waals surface area contributed by atoms with Crippen molar-refractivity contribution < 1.29 is 14.6 Å². The summed E-state index contributed by atoms with van der Waals surface area (Å²) >= 11 is 0. The third-order valence-corrected chi connectivity index (χ3v) is 2.50.